The van der Waals surface area contributed by atoms with E-state index in [1.54, 1.807) is 28.8 Å². The van der Waals surface area contributed by atoms with Gasteiger partial charge in [-0.15, -0.1) is 24.9 Å². The van der Waals surface area contributed by atoms with Gasteiger partial charge in [0.25, 0.3) is 0 Å². The molecule has 19 heavy (non-hydrogen) atoms. The second-order valence-corrected chi connectivity index (χ2v) is 5.28. The predicted molar refractivity (Wildman–Crippen MR) is 84.3 cm³/mol. The zero-order chi connectivity index (χ0) is 14.1. The number of thioether (sulfide) groups is 1. The fourth-order valence-electron chi connectivity index (χ4n) is 1.70. The molecule has 0 N–H and O–H groups in total. The zero-order valence-corrected chi connectivity index (χ0v) is 12.3. The van der Waals surface area contributed by atoms with Crippen molar-refractivity contribution >= 4 is 17.7 Å². The molecule has 0 aliphatic rings. The number of carbonyl (C=O) groups excluding carboxylic acids is 1. The maximum absolute atomic E-state index is 12.0. The minimum atomic E-state index is 0.137. The third-order valence-corrected chi connectivity index (χ3v) is 3.76. The Hall–Kier alpha value is -1.48. The third kappa shape index (κ3) is 5.35. The van der Waals surface area contributed by atoms with Crippen molar-refractivity contribution in [3.8, 4) is 0 Å². The molecule has 1 aromatic rings. The summed E-state index contributed by atoms with van der Waals surface area (Å²) in [5, 5.41) is 0. The summed E-state index contributed by atoms with van der Waals surface area (Å²) in [5.74, 6) is 1.50. The summed E-state index contributed by atoms with van der Waals surface area (Å²) in [4.78, 5) is 13.8. The van der Waals surface area contributed by atoms with E-state index in [4.69, 9.17) is 0 Å². The number of amides is 1. The zero-order valence-electron chi connectivity index (χ0n) is 11.5. The van der Waals surface area contributed by atoms with E-state index in [-0.39, 0.29) is 5.91 Å². The maximum atomic E-state index is 12.0. The summed E-state index contributed by atoms with van der Waals surface area (Å²) >= 11 is 1.65. The molecule has 0 saturated heterocycles. The number of carbonyl (C=O) groups is 1. The first kappa shape index (κ1) is 15.6. The molecule has 0 saturated carbocycles. The normalized spacial score (nSPS) is 9.95. The molecule has 102 valence electrons. The van der Waals surface area contributed by atoms with Gasteiger partial charge in [-0.3, -0.25) is 4.79 Å². The number of benzene rings is 1. The Morgan fingerprint density at radius 1 is 1.26 bits per heavy atom. The van der Waals surface area contributed by atoms with E-state index in [2.05, 4.69) is 32.2 Å². The van der Waals surface area contributed by atoms with Gasteiger partial charge in [0.15, 0.2) is 0 Å². The Balaban J connectivity index is 2.43. The Kier molecular flexibility index (Phi) is 7.04. The minimum absolute atomic E-state index is 0.137. The molecular formula is C16H21NOS. The molecule has 1 amide bonds. The SMILES string of the molecule is C=CCN(CC=C)C(=O)CSCc1ccccc1C. The first-order valence-corrected chi connectivity index (χ1v) is 7.46. The van der Waals surface area contributed by atoms with E-state index in [0.717, 1.165) is 5.75 Å². The average Bonchev–Trinajstić information content (AvgIpc) is 2.40. The number of rotatable bonds is 8. The standard InChI is InChI=1S/C16H21NOS/c1-4-10-17(11-5-2)16(18)13-19-12-15-9-7-6-8-14(15)3/h4-9H,1-2,10-13H2,3H3. The lowest BCUT2D eigenvalue weighted by atomic mass is 10.1. The number of nitrogens with zero attached hydrogens (tertiary/aromatic N) is 1. The lowest BCUT2D eigenvalue weighted by Crippen LogP contribution is -2.32. The second kappa shape index (κ2) is 8.59. The highest BCUT2D eigenvalue weighted by atomic mass is 32.2. The van der Waals surface area contributed by atoms with Crippen LogP contribution in [0, 0.1) is 6.92 Å². The Labute approximate surface area is 120 Å². The predicted octanol–water partition coefficient (Wildman–Crippen LogP) is 3.43. The molecule has 0 heterocycles. The smallest absolute Gasteiger partial charge is 0.233 e. The van der Waals surface area contributed by atoms with E-state index in [0.29, 0.717) is 18.8 Å². The van der Waals surface area contributed by atoms with Crippen molar-refractivity contribution in [2.75, 3.05) is 18.8 Å². The molecule has 0 aliphatic heterocycles. The maximum Gasteiger partial charge on any atom is 0.233 e. The molecule has 0 fully saturated rings. The quantitative estimate of drug-likeness (QED) is 0.677. The summed E-state index contributed by atoms with van der Waals surface area (Å²) in [6, 6.07) is 8.27. The second-order valence-electron chi connectivity index (χ2n) is 4.30. The van der Waals surface area contributed by atoms with Crippen molar-refractivity contribution < 1.29 is 4.79 Å². The van der Waals surface area contributed by atoms with Crippen molar-refractivity contribution in [2.45, 2.75) is 12.7 Å². The van der Waals surface area contributed by atoms with Gasteiger partial charge in [-0.05, 0) is 18.1 Å². The fraction of sp³-hybridized carbons (Fsp3) is 0.312. The molecular weight excluding hydrogens is 254 g/mol. The van der Waals surface area contributed by atoms with Crippen LogP contribution in [0.5, 0.6) is 0 Å². The van der Waals surface area contributed by atoms with Crippen LogP contribution in [0.2, 0.25) is 0 Å². The highest BCUT2D eigenvalue weighted by molar-refractivity contribution is 7.99. The molecule has 1 aromatic carbocycles. The van der Waals surface area contributed by atoms with E-state index in [9.17, 15) is 4.79 Å². The lowest BCUT2D eigenvalue weighted by molar-refractivity contribution is -0.127. The van der Waals surface area contributed by atoms with E-state index < -0.39 is 0 Å². The van der Waals surface area contributed by atoms with Gasteiger partial charge in [-0.1, -0.05) is 36.4 Å². The fourth-order valence-corrected chi connectivity index (χ4v) is 2.70. The molecule has 0 radical (unpaired) electrons. The number of hydrogen-bond donors (Lipinski definition) is 0. The summed E-state index contributed by atoms with van der Waals surface area (Å²) < 4.78 is 0. The van der Waals surface area contributed by atoms with Crippen molar-refractivity contribution in [3.05, 3.63) is 60.7 Å². The molecule has 0 unspecified atom stereocenters. The highest BCUT2D eigenvalue weighted by Gasteiger charge is 2.10. The molecule has 0 aliphatic carbocycles. The topological polar surface area (TPSA) is 20.3 Å². The average molecular weight is 275 g/mol. The first-order chi connectivity index (χ1) is 9.19. The van der Waals surface area contributed by atoms with Gasteiger partial charge in [-0.2, -0.15) is 0 Å². The van der Waals surface area contributed by atoms with Crippen LogP contribution in [0.25, 0.3) is 0 Å². The molecule has 0 atom stereocenters. The largest absolute Gasteiger partial charge is 0.335 e. The summed E-state index contributed by atoms with van der Waals surface area (Å²) in [6.07, 6.45) is 3.49. The molecule has 0 bridgehead atoms. The molecule has 2 nitrogen and oxygen atoms in total. The van der Waals surface area contributed by atoms with Gasteiger partial charge >= 0.3 is 0 Å². The first-order valence-electron chi connectivity index (χ1n) is 6.30. The van der Waals surface area contributed by atoms with Crippen molar-refractivity contribution in [1.29, 1.82) is 0 Å². The van der Waals surface area contributed by atoms with Crippen LogP contribution >= 0.6 is 11.8 Å². The third-order valence-electron chi connectivity index (χ3n) is 2.80. The van der Waals surface area contributed by atoms with Gasteiger partial charge < -0.3 is 4.90 Å². The van der Waals surface area contributed by atoms with E-state index in [1.807, 2.05) is 12.1 Å². The lowest BCUT2D eigenvalue weighted by Gasteiger charge is -2.19. The van der Waals surface area contributed by atoms with Crippen LogP contribution in [-0.2, 0) is 10.5 Å². The van der Waals surface area contributed by atoms with Gasteiger partial charge in [-0.25, -0.2) is 0 Å². The van der Waals surface area contributed by atoms with E-state index >= 15 is 0 Å². The number of aryl methyl sites for hydroxylation is 1. The monoisotopic (exact) mass is 275 g/mol. The van der Waals surface area contributed by atoms with Crippen LogP contribution in [0.3, 0.4) is 0 Å². The summed E-state index contributed by atoms with van der Waals surface area (Å²) in [6.45, 7) is 10.6. The van der Waals surface area contributed by atoms with Gasteiger partial charge in [0.2, 0.25) is 5.91 Å². The van der Waals surface area contributed by atoms with Crippen molar-refractivity contribution in [3.63, 3.8) is 0 Å². The molecule has 0 spiro atoms. The van der Waals surface area contributed by atoms with Crippen molar-refractivity contribution in [2.24, 2.45) is 0 Å². The van der Waals surface area contributed by atoms with Gasteiger partial charge in [0, 0.05) is 18.8 Å². The minimum Gasteiger partial charge on any atom is -0.335 e. The molecule has 3 heteroatoms. The van der Waals surface area contributed by atoms with Crippen LogP contribution < -0.4 is 0 Å². The van der Waals surface area contributed by atoms with Crippen LogP contribution in [0.1, 0.15) is 11.1 Å². The van der Waals surface area contributed by atoms with Gasteiger partial charge in [0.05, 0.1) is 5.75 Å². The summed E-state index contributed by atoms with van der Waals surface area (Å²) in [7, 11) is 0. The molecule has 1 rings (SSSR count). The Morgan fingerprint density at radius 2 is 1.89 bits per heavy atom. The molecule has 0 aromatic heterocycles. The number of hydrogen-bond acceptors (Lipinski definition) is 2. The van der Waals surface area contributed by atoms with Crippen LogP contribution in [0.15, 0.2) is 49.6 Å². The Bertz CT molecular complexity index is 432. The Morgan fingerprint density at radius 3 is 2.47 bits per heavy atom. The highest BCUT2D eigenvalue weighted by Crippen LogP contribution is 2.16. The van der Waals surface area contributed by atoms with Crippen LogP contribution in [-0.4, -0.2) is 29.6 Å². The van der Waals surface area contributed by atoms with Crippen molar-refractivity contribution in [1.82, 2.24) is 4.90 Å². The van der Waals surface area contributed by atoms with E-state index in [1.165, 1.54) is 11.1 Å². The summed E-state index contributed by atoms with van der Waals surface area (Å²) in [5.41, 5.74) is 2.57. The van der Waals surface area contributed by atoms with Crippen LogP contribution in [0.4, 0.5) is 0 Å². The van der Waals surface area contributed by atoms with Gasteiger partial charge in [0.1, 0.15) is 0 Å².